The van der Waals surface area contributed by atoms with Crippen LogP contribution in [0.4, 0.5) is 0 Å². The third-order valence-electron chi connectivity index (χ3n) is 2.37. The van der Waals surface area contributed by atoms with Gasteiger partial charge in [0.1, 0.15) is 11.5 Å². The normalized spacial score (nSPS) is 23.0. The molecule has 17 heavy (non-hydrogen) atoms. The van der Waals surface area contributed by atoms with Gasteiger partial charge in [-0.3, -0.25) is 0 Å². The zero-order valence-electron chi connectivity index (χ0n) is 10.3. The molecular formula is C12H14ClCsO3. The molecule has 1 fully saturated rings. The fourth-order valence-corrected chi connectivity index (χ4v) is 1.80. The van der Waals surface area contributed by atoms with Gasteiger partial charge in [0, 0.05) is 11.1 Å². The van der Waals surface area contributed by atoms with E-state index in [9.17, 15) is 0 Å². The van der Waals surface area contributed by atoms with E-state index in [-0.39, 0.29) is 75.2 Å². The molecule has 1 aromatic rings. The second-order valence-electron chi connectivity index (χ2n) is 3.86. The van der Waals surface area contributed by atoms with Gasteiger partial charge in [-0.1, -0.05) is 18.5 Å². The molecule has 5 heteroatoms. The Kier molecular flexibility index (Phi) is 7.28. The molecule has 0 bridgehead atoms. The maximum Gasteiger partial charge on any atom is 1.00 e. The number of rotatable bonds is 3. The number of methoxy groups -OCH3 is 1. The molecule has 1 unspecified atom stereocenters. The van der Waals surface area contributed by atoms with Crippen LogP contribution in [-0.4, -0.2) is 13.4 Å². The van der Waals surface area contributed by atoms with Crippen LogP contribution in [0, 0.1) is 12.5 Å². The Bertz CT molecular complexity index is 373. The first kappa shape index (κ1) is 16.2. The monoisotopic (exact) mass is 374 g/mol. The van der Waals surface area contributed by atoms with Crippen LogP contribution in [0.15, 0.2) is 18.2 Å². The van der Waals surface area contributed by atoms with Crippen molar-refractivity contribution in [2.45, 2.75) is 19.6 Å². The van der Waals surface area contributed by atoms with E-state index in [0.29, 0.717) is 22.4 Å². The van der Waals surface area contributed by atoms with Gasteiger partial charge in [-0.2, -0.15) is 0 Å². The van der Waals surface area contributed by atoms with E-state index < -0.39 is 0 Å². The molecule has 1 aromatic carbocycles. The standard InChI is InChI=1S/C12H14ClO3.Cs/c1-8-3-12(15-7-8)16-11-5-9(13)4-10(6-11)14-2;/h4-8,12H,3H2,1-2H3;/q-1;+1/t8-,12?;/m1./s1. The number of halogens is 1. The van der Waals surface area contributed by atoms with Crippen LogP contribution in [0.5, 0.6) is 11.5 Å². The summed E-state index contributed by atoms with van der Waals surface area (Å²) in [6.07, 6.45) is 0.632. The third-order valence-corrected chi connectivity index (χ3v) is 2.59. The van der Waals surface area contributed by atoms with Crippen molar-refractivity contribution in [2.75, 3.05) is 7.11 Å². The van der Waals surface area contributed by atoms with E-state index in [4.69, 9.17) is 25.8 Å². The molecule has 0 aliphatic carbocycles. The summed E-state index contributed by atoms with van der Waals surface area (Å²) < 4.78 is 16.1. The van der Waals surface area contributed by atoms with Crippen molar-refractivity contribution < 1.29 is 83.1 Å². The molecule has 1 aliphatic heterocycles. The van der Waals surface area contributed by atoms with Crippen LogP contribution in [0.1, 0.15) is 13.3 Å². The molecule has 0 N–H and O–H groups in total. The summed E-state index contributed by atoms with van der Waals surface area (Å²) in [5.74, 6) is 1.76. The van der Waals surface area contributed by atoms with Crippen LogP contribution in [0.2, 0.25) is 5.02 Å². The van der Waals surface area contributed by atoms with E-state index in [1.54, 1.807) is 31.9 Å². The van der Waals surface area contributed by atoms with Gasteiger partial charge in [-0.15, -0.1) is 5.92 Å². The fourth-order valence-electron chi connectivity index (χ4n) is 1.59. The minimum atomic E-state index is -0.224. The van der Waals surface area contributed by atoms with E-state index >= 15 is 0 Å². The van der Waals surface area contributed by atoms with Gasteiger partial charge in [0.25, 0.3) is 0 Å². The molecule has 1 saturated heterocycles. The Balaban J connectivity index is 0.00000144. The van der Waals surface area contributed by atoms with E-state index in [2.05, 4.69) is 6.92 Å². The largest absolute Gasteiger partial charge is 1.00 e. The molecule has 0 aromatic heterocycles. The molecule has 1 heterocycles. The molecule has 88 valence electrons. The molecule has 0 amide bonds. The van der Waals surface area contributed by atoms with Gasteiger partial charge in [0.2, 0.25) is 0 Å². The Morgan fingerprint density at radius 2 is 2.06 bits per heavy atom. The molecule has 2 atom stereocenters. The SMILES string of the molecule is COc1cc(Cl)cc(OC2C[C@@H](C)[CH-]O2)c1.[Cs+]. The first-order valence-corrected chi connectivity index (χ1v) is 5.55. The first-order valence-electron chi connectivity index (χ1n) is 5.17. The zero-order valence-corrected chi connectivity index (χ0v) is 17.3. The Hall–Kier alpha value is 1.12. The van der Waals surface area contributed by atoms with Crippen LogP contribution in [0.25, 0.3) is 0 Å². The van der Waals surface area contributed by atoms with Gasteiger partial charge in [0.05, 0.1) is 7.11 Å². The van der Waals surface area contributed by atoms with Gasteiger partial charge in [0.15, 0.2) is 6.29 Å². The number of hydrogen-bond donors (Lipinski definition) is 0. The summed E-state index contributed by atoms with van der Waals surface area (Å²) >= 11 is 5.93. The van der Waals surface area contributed by atoms with Gasteiger partial charge in [-0.25, -0.2) is 6.61 Å². The molecule has 2 rings (SSSR count). The predicted molar refractivity (Wildman–Crippen MR) is 61.6 cm³/mol. The van der Waals surface area contributed by atoms with Crippen molar-refractivity contribution in [3.05, 3.63) is 29.8 Å². The van der Waals surface area contributed by atoms with Crippen molar-refractivity contribution in [2.24, 2.45) is 5.92 Å². The minimum Gasteiger partial charge on any atom is -0.520 e. The maximum absolute atomic E-state index is 5.93. The summed E-state index contributed by atoms with van der Waals surface area (Å²) in [5.41, 5.74) is 0. The predicted octanol–water partition coefficient (Wildman–Crippen LogP) is 0.276. The van der Waals surface area contributed by atoms with E-state index in [1.807, 2.05) is 0 Å². The average molecular weight is 375 g/mol. The van der Waals surface area contributed by atoms with E-state index in [1.165, 1.54) is 0 Å². The van der Waals surface area contributed by atoms with Gasteiger partial charge in [-0.05, 0) is 18.6 Å². The molecule has 0 saturated carbocycles. The second kappa shape index (κ2) is 7.65. The Labute approximate surface area is 166 Å². The third kappa shape index (κ3) is 4.95. The Morgan fingerprint density at radius 1 is 1.35 bits per heavy atom. The number of benzene rings is 1. The smallest absolute Gasteiger partial charge is 0.520 e. The topological polar surface area (TPSA) is 27.7 Å². The van der Waals surface area contributed by atoms with Crippen molar-refractivity contribution >= 4 is 11.6 Å². The fraction of sp³-hybridized carbons (Fsp3) is 0.417. The maximum atomic E-state index is 5.93. The summed E-state index contributed by atoms with van der Waals surface area (Å²) in [6, 6.07) is 5.27. The van der Waals surface area contributed by atoms with Crippen molar-refractivity contribution in [1.29, 1.82) is 0 Å². The summed E-state index contributed by atoms with van der Waals surface area (Å²) in [4.78, 5) is 0. The average Bonchev–Trinajstić information content (AvgIpc) is 2.63. The summed E-state index contributed by atoms with van der Waals surface area (Å²) in [6.45, 7) is 3.88. The summed E-state index contributed by atoms with van der Waals surface area (Å²) in [7, 11) is 1.59. The molecular weight excluding hydrogens is 360 g/mol. The van der Waals surface area contributed by atoms with E-state index in [0.717, 1.165) is 6.42 Å². The molecule has 3 nitrogen and oxygen atoms in total. The Morgan fingerprint density at radius 3 is 2.65 bits per heavy atom. The van der Waals surface area contributed by atoms with Crippen molar-refractivity contribution in [3.63, 3.8) is 0 Å². The van der Waals surface area contributed by atoms with Gasteiger partial charge >= 0.3 is 68.9 Å². The van der Waals surface area contributed by atoms with Crippen LogP contribution in [0.3, 0.4) is 0 Å². The molecule has 0 spiro atoms. The summed E-state index contributed by atoms with van der Waals surface area (Å²) in [5, 5.41) is 0.587. The first-order chi connectivity index (χ1) is 7.67. The van der Waals surface area contributed by atoms with Crippen LogP contribution >= 0.6 is 11.6 Å². The quantitative estimate of drug-likeness (QED) is 0.711. The minimum absolute atomic E-state index is 0. The van der Waals surface area contributed by atoms with Crippen molar-refractivity contribution in [3.8, 4) is 11.5 Å². The van der Waals surface area contributed by atoms with Gasteiger partial charge < -0.3 is 14.2 Å². The second-order valence-corrected chi connectivity index (χ2v) is 4.30. The van der Waals surface area contributed by atoms with Crippen molar-refractivity contribution in [1.82, 2.24) is 0 Å². The molecule has 1 aliphatic rings. The van der Waals surface area contributed by atoms with Crippen LogP contribution in [-0.2, 0) is 4.74 Å². The zero-order chi connectivity index (χ0) is 11.5. The van der Waals surface area contributed by atoms with Crippen LogP contribution < -0.4 is 78.4 Å². The number of hydrogen-bond acceptors (Lipinski definition) is 3. The molecule has 0 radical (unpaired) electrons. The number of ether oxygens (including phenoxy) is 3.